The first-order valence-corrected chi connectivity index (χ1v) is 10.7. The summed E-state index contributed by atoms with van der Waals surface area (Å²) >= 11 is 0. The zero-order valence-corrected chi connectivity index (χ0v) is 18.3. The van der Waals surface area contributed by atoms with Gasteiger partial charge in [0.05, 0.1) is 17.6 Å². The summed E-state index contributed by atoms with van der Waals surface area (Å²) < 4.78 is 6.87. The van der Waals surface area contributed by atoms with Gasteiger partial charge < -0.3 is 15.8 Å². The third-order valence-corrected chi connectivity index (χ3v) is 5.57. The van der Waals surface area contributed by atoms with Gasteiger partial charge >= 0.3 is 0 Å². The summed E-state index contributed by atoms with van der Waals surface area (Å²) in [6.45, 7) is 1.69. The number of hydrogen-bond acceptors (Lipinski definition) is 7. The highest BCUT2D eigenvalue weighted by molar-refractivity contribution is 5.95. The molecule has 1 unspecified atom stereocenters. The molecule has 4 aromatic rings. The second-order valence-corrected chi connectivity index (χ2v) is 7.90. The van der Waals surface area contributed by atoms with Gasteiger partial charge in [-0.15, -0.1) is 5.10 Å². The molecule has 2 aromatic carbocycles. The van der Waals surface area contributed by atoms with Gasteiger partial charge in [-0.2, -0.15) is 14.9 Å². The lowest BCUT2D eigenvalue weighted by Gasteiger charge is -2.24. The Labute approximate surface area is 194 Å². The molecule has 0 spiro atoms. The maximum absolute atomic E-state index is 12.7. The van der Waals surface area contributed by atoms with Crippen molar-refractivity contribution in [2.45, 2.75) is 19.3 Å². The fraction of sp³-hybridized carbons (Fsp3) is 0.167. The highest BCUT2D eigenvalue weighted by atomic mass is 16.5. The minimum Gasteiger partial charge on any atom is -0.484 e. The fourth-order valence-electron chi connectivity index (χ4n) is 4.06. The van der Waals surface area contributed by atoms with Crippen molar-refractivity contribution in [2.75, 3.05) is 11.9 Å². The van der Waals surface area contributed by atoms with Crippen molar-refractivity contribution >= 4 is 17.6 Å². The molecule has 2 amide bonds. The number of anilines is 1. The molecule has 0 radical (unpaired) electrons. The summed E-state index contributed by atoms with van der Waals surface area (Å²) in [7, 11) is 0. The number of amides is 2. The van der Waals surface area contributed by atoms with Gasteiger partial charge in [-0.3, -0.25) is 9.59 Å². The van der Waals surface area contributed by atoms with Crippen LogP contribution in [0.2, 0.25) is 0 Å². The smallest absolute Gasteiger partial charge is 0.272 e. The molecule has 3 N–H and O–H groups in total. The maximum atomic E-state index is 12.7. The number of carbonyl (C=O) groups is 2. The number of carbonyl (C=O) groups excluding carboxylic acids is 2. The molecule has 10 nitrogen and oxygen atoms in total. The molecule has 0 saturated heterocycles. The van der Waals surface area contributed by atoms with E-state index < -0.39 is 5.91 Å². The fourth-order valence-corrected chi connectivity index (χ4v) is 4.06. The van der Waals surface area contributed by atoms with Gasteiger partial charge in [-0.1, -0.05) is 42.5 Å². The normalized spacial score (nSPS) is 14.9. The van der Waals surface area contributed by atoms with Crippen LogP contribution in [0.4, 0.5) is 5.82 Å². The topological polar surface area (TPSA) is 138 Å². The van der Waals surface area contributed by atoms with E-state index >= 15 is 0 Å². The molecular formula is C24H21N7O3. The van der Waals surface area contributed by atoms with Crippen molar-refractivity contribution in [3.8, 4) is 23.0 Å². The number of nitrogens with two attached hydrogens (primary N) is 1. The Morgan fingerprint density at radius 3 is 2.68 bits per heavy atom. The largest absolute Gasteiger partial charge is 0.484 e. The predicted molar refractivity (Wildman–Crippen MR) is 123 cm³/mol. The Morgan fingerprint density at radius 1 is 1.18 bits per heavy atom. The molecule has 1 aliphatic rings. The van der Waals surface area contributed by atoms with Crippen molar-refractivity contribution in [3.05, 3.63) is 77.6 Å². The first-order chi connectivity index (χ1) is 16.5. The van der Waals surface area contributed by atoms with Gasteiger partial charge in [0.1, 0.15) is 11.6 Å². The summed E-state index contributed by atoms with van der Waals surface area (Å²) in [6, 6.07) is 16.9. The van der Waals surface area contributed by atoms with Gasteiger partial charge in [-0.05, 0) is 24.6 Å². The molecule has 0 saturated carbocycles. The van der Waals surface area contributed by atoms with Crippen LogP contribution in [0, 0.1) is 6.92 Å². The first-order valence-electron chi connectivity index (χ1n) is 10.7. The van der Waals surface area contributed by atoms with Crippen LogP contribution in [0.5, 0.6) is 5.75 Å². The molecule has 10 heteroatoms. The molecule has 3 heterocycles. The van der Waals surface area contributed by atoms with Crippen LogP contribution in [0.15, 0.2) is 60.8 Å². The molecule has 34 heavy (non-hydrogen) atoms. The van der Waals surface area contributed by atoms with Crippen LogP contribution < -0.4 is 15.8 Å². The van der Waals surface area contributed by atoms with E-state index in [0.29, 0.717) is 17.3 Å². The predicted octanol–water partition coefficient (Wildman–Crippen LogP) is 2.37. The standard InChI is InChI=1S/C24H21N7O3/c1-14-22-18(15-7-9-17(10-8-15)34-13-20(25)32)11-21(33)28-23(22)31(30-14)24-27-19(12-26-29-24)16-5-3-2-4-6-16/h2-10,12,18H,11,13H2,1H3,(H2,25,32)(H,28,33). The Bertz CT molecular complexity index is 1370. The van der Waals surface area contributed by atoms with E-state index in [1.165, 1.54) is 4.68 Å². The molecule has 1 aliphatic heterocycles. The molecule has 5 rings (SSSR count). The average molecular weight is 455 g/mol. The number of rotatable bonds is 6. The summed E-state index contributed by atoms with van der Waals surface area (Å²) in [6.07, 6.45) is 1.86. The van der Waals surface area contributed by atoms with E-state index in [9.17, 15) is 9.59 Å². The Hall–Kier alpha value is -4.60. The van der Waals surface area contributed by atoms with Crippen LogP contribution in [0.1, 0.15) is 29.2 Å². The lowest BCUT2D eigenvalue weighted by atomic mass is 9.86. The van der Waals surface area contributed by atoms with E-state index in [2.05, 4.69) is 25.6 Å². The summed E-state index contributed by atoms with van der Waals surface area (Å²) in [5.41, 5.74) is 9.24. The van der Waals surface area contributed by atoms with E-state index in [1.54, 1.807) is 18.3 Å². The van der Waals surface area contributed by atoms with E-state index in [4.69, 9.17) is 10.5 Å². The first kappa shape index (κ1) is 21.3. The highest BCUT2D eigenvalue weighted by Gasteiger charge is 2.33. The highest BCUT2D eigenvalue weighted by Crippen LogP contribution is 2.40. The van der Waals surface area contributed by atoms with Crippen LogP contribution in [-0.2, 0) is 9.59 Å². The second kappa shape index (κ2) is 8.74. The summed E-state index contributed by atoms with van der Waals surface area (Å²) in [5, 5.41) is 15.8. The minimum absolute atomic E-state index is 0.139. The molecule has 170 valence electrons. The lowest BCUT2D eigenvalue weighted by molar-refractivity contribution is -0.120. The van der Waals surface area contributed by atoms with Crippen molar-refractivity contribution in [1.82, 2.24) is 25.0 Å². The summed E-state index contributed by atoms with van der Waals surface area (Å²) in [4.78, 5) is 28.2. The Morgan fingerprint density at radius 2 is 1.94 bits per heavy atom. The third-order valence-electron chi connectivity index (χ3n) is 5.57. The Kier molecular flexibility index (Phi) is 5.46. The zero-order valence-electron chi connectivity index (χ0n) is 18.3. The molecule has 0 aliphatic carbocycles. The van der Waals surface area contributed by atoms with Gasteiger partial charge in [0, 0.05) is 23.5 Å². The lowest BCUT2D eigenvalue weighted by Crippen LogP contribution is -2.25. The number of hydrogen-bond donors (Lipinski definition) is 2. The van der Waals surface area contributed by atoms with Gasteiger partial charge in [0.25, 0.3) is 11.9 Å². The maximum Gasteiger partial charge on any atom is 0.272 e. The second-order valence-electron chi connectivity index (χ2n) is 7.90. The van der Waals surface area contributed by atoms with Gasteiger partial charge in [0.2, 0.25) is 5.91 Å². The molecule has 2 aromatic heterocycles. The number of primary amides is 1. The number of fused-ring (bicyclic) bond motifs is 1. The number of aryl methyl sites for hydroxylation is 1. The van der Waals surface area contributed by atoms with Crippen LogP contribution in [0.25, 0.3) is 17.2 Å². The number of ether oxygens (including phenoxy) is 1. The van der Waals surface area contributed by atoms with Gasteiger partial charge in [-0.25, -0.2) is 4.98 Å². The van der Waals surface area contributed by atoms with Crippen molar-refractivity contribution in [2.24, 2.45) is 5.73 Å². The number of nitrogens with one attached hydrogen (secondary N) is 1. The summed E-state index contributed by atoms with van der Waals surface area (Å²) in [5.74, 6) is 0.413. The van der Waals surface area contributed by atoms with Crippen molar-refractivity contribution in [3.63, 3.8) is 0 Å². The SMILES string of the molecule is Cc1nn(-c2nncc(-c3ccccc3)n2)c2c1C(c1ccc(OCC(N)=O)cc1)CC(=O)N2. The zero-order chi connectivity index (χ0) is 23.7. The molecule has 0 fully saturated rings. The van der Waals surface area contributed by atoms with Gasteiger partial charge in [0.15, 0.2) is 6.61 Å². The quantitative estimate of drug-likeness (QED) is 0.455. The van der Waals surface area contributed by atoms with Crippen molar-refractivity contribution in [1.29, 1.82) is 0 Å². The Balaban J connectivity index is 1.51. The van der Waals surface area contributed by atoms with Crippen LogP contribution in [-0.4, -0.2) is 43.4 Å². The van der Waals surface area contributed by atoms with E-state index in [1.807, 2.05) is 49.4 Å². The van der Waals surface area contributed by atoms with Crippen LogP contribution in [0.3, 0.4) is 0 Å². The third kappa shape index (κ3) is 4.08. The van der Waals surface area contributed by atoms with Crippen molar-refractivity contribution < 1.29 is 14.3 Å². The number of benzene rings is 2. The minimum atomic E-state index is -0.547. The van der Waals surface area contributed by atoms with Crippen LogP contribution >= 0.6 is 0 Å². The number of nitrogens with zero attached hydrogens (tertiary/aromatic N) is 5. The van der Waals surface area contributed by atoms with E-state index in [0.717, 1.165) is 22.4 Å². The van der Waals surface area contributed by atoms with E-state index in [-0.39, 0.29) is 30.8 Å². The number of aromatic nitrogens is 5. The molecular weight excluding hydrogens is 434 g/mol. The monoisotopic (exact) mass is 455 g/mol. The molecule has 0 bridgehead atoms. The molecule has 1 atom stereocenters. The average Bonchev–Trinajstić information content (AvgIpc) is 3.19.